The van der Waals surface area contributed by atoms with Crippen LogP contribution >= 0.6 is 11.8 Å². The van der Waals surface area contributed by atoms with Gasteiger partial charge in [-0.1, -0.05) is 6.07 Å². The minimum absolute atomic E-state index is 0.0875. The number of hydrogen-bond donors (Lipinski definition) is 2. The second-order valence-electron chi connectivity index (χ2n) is 4.48. The lowest BCUT2D eigenvalue weighted by molar-refractivity contribution is 0.242. The fraction of sp³-hybridized carbons (Fsp3) is 0.333. The minimum atomic E-state index is -0.198. The lowest BCUT2D eigenvalue weighted by atomic mass is 10.1. The molecule has 0 spiro atoms. The van der Waals surface area contributed by atoms with Gasteiger partial charge in [-0.15, -0.1) is 0 Å². The highest BCUT2D eigenvalue weighted by atomic mass is 32.2. The summed E-state index contributed by atoms with van der Waals surface area (Å²) in [4.78, 5) is 0. The molecular formula is C15H18FNO2S. The number of furan rings is 1. The lowest BCUT2D eigenvalue weighted by Crippen LogP contribution is -2.13. The van der Waals surface area contributed by atoms with Crippen LogP contribution < -0.4 is 5.32 Å². The lowest BCUT2D eigenvalue weighted by Gasteiger charge is -2.09. The van der Waals surface area contributed by atoms with Crippen molar-refractivity contribution in [3.05, 3.63) is 58.8 Å². The van der Waals surface area contributed by atoms with Gasteiger partial charge in [-0.05, 0) is 41.6 Å². The van der Waals surface area contributed by atoms with Crippen molar-refractivity contribution in [3.8, 4) is 0 Å². The van der Waals surface area contributed by atoms with Gasteiger partial charge in [-0.2, -0.15) is 11.8 Å². The maximum Gasteiger partial charge on any atom is 0.129 e. The second kappa shape index (κ2) is 7.47. The normalized spacial score (nSPS) is 10.9. The first-order chi connectivity index (χ1) is 9.72. The van der Waals surface area contributed by atoms with Gasteiger partial charge in [0.15, 0.2) is 0 Å². The zero-order valence-electron chi connectivity index (χ0n) is 11.4. The first-order valence-corrected chi connectivity index (χ1v) is 7.77. The average molecular weight is 295 g/mol. The highest BCUT2D eigenvalue weighted by molar-refractivity contribution is 7.97. The largest absolute Gasteiger partial charge is 0.462 e. The predicted octanol–water partition coefficient (Wildman–Crippen LogP) is 3.06. The van der Waals surface area contributed by atoms with Crippen LogP contribution in [0.15, 0.2) is 34.7 Å². The van der Waals surface area contributed by atoms with Gasteiger partial charge in [0.2, 0.25) is 0 Å². The summed E-state index contributed by atoms with van der Waals surface area (Å²) >= 11 is 1.67. The summed E-state index contributed by atoms with van der Waals surface area (Å²) in [5.41, 5.74) is 2.11. The van der Waals surface area contributed by atoms with Gasteiger partial charge in [-0.3, -0.25) is 0 Å². The molecule has 0 aliphatic carbocycles. The summed E-state index contributed by atoms with van der Waals surface area (Å²) in [5, 5.41) is 12.2. The van der Waals surface area contributed by atoms with Crippen molar-refractivity contribution in [2.75, 3.05) is 6.26 Å². The van der Waals surface area contributed by atoms with E-state index < -0.39 is 0 Å². The summed E-state index contributed by atoms with van der Waals surface area (Å²) in [6, 6.07) is 8.48. The van der Waals surface area contributed by atoms with Crippen molar-refractivity contribution < 1.29 is 13.9 Å². The molecule has 1 heterocycles. The van der Waals surface area contributed by atoms with E-state index in [0.29, 0.717) is 18.8 Å². The Labute approximate surface area is 122 Å². The molecule has 1 aromatic heterocycles. The van der Waals surface area contributed by atoms with Crippen molar-refractivity contribution in [2.45, 2.75) is 25.4 Å². The number of hydrogen-bond acceptors (Lipinski definition) is 4. The van der Waals surface area contributed by atoms with Crippen molar-refractivity contribution >= 4 is 11.8 Å². The number of aliphatic hydroxyl groups excluding tert-OH is 1. The van der Waals surface area contributed by atoms with E-state index in [4.69, 9.17) is 9.52 Å². The Morgan fingerprint density at radius 1 is 1.15 bits per heavy atom. The van der Waals surface area contributed by atoms with E-state index in [-0.39, 0.29) is 12.4 Å². The van der Waals surface area contributed by atoms with Gasteiger partial charge in [0.25, 0.3) is 0 Å². The topological polar surface area (TPSA) is 45.4 Å². The molecule has 2 N–H and O–H groups in total. The van der Waals surface area contributed by atoms with Crippen molar-refractivity contribution in [1.82, 2.24) is 5.32 Å². The predicted molar refractivity (Wildman–Crippen MR) is 78.8 cm³/mol. The molecular weight excluding hydrogens is 277 g/mol. The molecule has 0 amide bonds. The van der Waals surface area contributed by atoms with Gasteiger partial charge >= 0.3 is 0 Å². The van der Waals surface area contributed by atoms with Crippen LogP contribution in [0.25, 0.3) is 0 Å². The van der Waals surface area contributed by atoms with Crippen molar-refractivity contribution in [1.29, 1.82) is 0 Å². The standard InChI is InChI=1S/C15H18FNO2S/c1-20-10-12-6-13(16)3-2-11(12)7-17-8-14-4-5-15(9-18)19-14/h2-6,17-18H,7-10H2,1H3. The Balaban J connectivity index is 1.93. The molecule has 0 saturated carbocycles. The molecule has 0 atom stereocenters. The second-order valence-corrected chi connectivity index (χ2v) is 5.34. The van der Waals surface area contributed by atoms with Crippen LogP contribution in [0, 0.1) is 5.82 Å². The van der Waals surface area contributed by atoms with Crippen molar-refractivity contribution in [2.24, 2.45) is 0 Å². The van der Waals surface area contributed by atoms with E-state index in [1.807, 2.05) is 18.4 Å². The highest BCUT2D eigenvalue weighted by Gasteiger charge is 2.05. The third-order valence-corrected chi connectivity index (χ3v) is 3.56. The maximum absolute atomic E-state index is 13.2. The number of halogens is 1. The number of thioether (sulfide) groups is 1. The third-order valence-electron chi connectivity index (χ3n) is 2.96. The van der Waals surface area contributed by atoms with Crippen LogP contribution in [0.5, 0.6) is 0 Å². The first kappa shape index (κ1) is 15.1. The van der Waals surface area contributed by atoms with E-state index >= 15 is 0 Å². The number of benzene rings is 1. The zero-order valence-corrected chi connectivity index (χ0v) is 12.2. The first-order valence-electron chi connectivity index (χ1n) is 6.38. The van der Waals surface area contributed by atoms with Crippen molar-refractivity contribution in [3.63, 3.8) is 0 Å². The molecule has 2 rings (SSSR count). The minimum Gasteiger partial charge on any atom is -0.462 e. The zero-order chi connectivity index (χ0) is 14.4. The van der Waals surface area contributed by atoms with Gasteiger partial charge < -0.3 is 14.8 Å². The smallest absolute Gasteiger partial charge is 0.129 e. The summed E-state index contributed by atoms with van der Waals surface area (Å²) in [6.45, 7) is 1.15. The Morgan fingerprint density at radius 3 is 2.65 bits per heavy atom. The molecule has 0 radical (unpaired) electrons. The van der Waals surface area contributed by atoms with Crippen LogP contribution in [0.2, 0.25) is 0 Å². The van der Waals surface area contributed by atoms with Crippen LogP contribution in [0.1, 0.15) is 22.6 Å². The maximum atomic E-state index is 13.2. The van der Waals surface area contributed by atoms with Gasteiger partial charge in [0.05, 0.1) is 6.54 Å². The summed E-state index contributed by atoms with van der Waals surface area (Å²) in [5.74, 6) is 1.94. The summed E-state index contributed by atoms with van der Waals surface area (Å²) in [6.07, 6.45) is 2.00. The van der Waals surface area contributed by atoms with E-state index in [9.17, 15) is 4.39 Å². The van der Waals surface area contributed by atoms with E-state index in [1.165, 1.54) is 6.07 Å². The van der Waals surface area contributed by atoms with Crippen LogP contribution in [0.3, 0.4) is 0 Å². The molecule has 20 heavy (non-hydrogen) atoms. The molecule has 0 aliphatic rings. The molecule has 1 aromatic carbocycles. The number of aliphatic hydroxyl groups is 1. The highest BCUT2D eigenvalue weighted by Crippen LogP contribution is 2.17. The van der Waals surface area contributed by atoms with Gasteiger partial charge in [0, 0.05) is 12.3 Å². The Bertz CT molecular complexity index is 557. The molecule has 0 fully saturated rings. The molecule has 0 saturated heterocycles. The number of nitrogens with one attached hydrogen (secondary N) is 1. The molecule has 5 heteroatoms. The molecule has 3 nitrogen and oxygen atoms in total. The Hall–Kier alpha value is -1.30. The molecule has 108 valence electrons. The van der Waals surface area contributed by atoms with Crippen LogP contribution in [-0.4, -0.2) is 11.4 Å². The molecule has 2 aromatic rings. The van der Waals surface area contributed by atoms with Gasteiger partial charge in [-0.25, -0.2) is 4.39 Å². The van der Waals surface area contributed by atoms with Gasteiger partial charge in [0.1, 0.15) is 23.9 Å². The van der Waals surface area contributed by atoms with E-state index in [2.05, 4.69) is 5.32 Å². The summed E-state index contributed by atoms with van der Waals surface area (Å²) < 4.78 is 18.6. The monoisotopic (exact) mass is 295 g/mol. The molecule has 0 unspecified atom stereocenters. The van der Waals surface area contributed by atoms with E-state index in [1.54, 1.807) is 23.9 Å². The fourth-order valence-corrected chi connectivity index (χ4v) is 2.56. The third kappa shape index (κ3) is 4.10. The average Bonchev–Trinajstić information content (AvgIpc) is 2.89. The number of rotatable bonds is 7. The van der Waals surface area contributed by atoms with Crippen LogP contribution in [0.4, 0.5) is 4.39 Å². The summed E-state index contributed by atoms with van der Waals surface area (Å²) in [7, 11) is 0. The van der Waals surface area contributed by atoms with Crippen LogP contribution in [-0.2, 0) is 25.4 Å². The SMILES string of the molecule is CSCc1cc(F)ccc1CNCc1ccc(CO)o1. The quantitative estimate of drug-likeness (QED) is 0.824. The van der Waals surface area contributed by atoms with E-state index in [0.717, 1.165) is 22.6 Å². The fourth-order valence-electron chi connectivity index (χ4n) is 1.98. The molecule has 0 aliphatic heterocycles. The Kier molecular flexibility index (Phi) is 5.64. The molecule has 0 bridgehead atoms. The Morgan fingerprint density at radius 2 is 1.95 bits per heavy atom.